The number of aromatic nitrogens is 1. The molecule has 3 rings (SSSR count). The Morgan fingerprint density at radius 1 is 1.31 bits per heavy atom. The molecule has 7 heteroatoms. The summed E-state index contributed by atoms with van der Waals surface area (Å²) in [4.78, 5) is 31.2. The lowest BCUT2D eigenvalue weighted by Gasteiger charge is -2.56. The fourth-order valence-corrected chi connectivity index (χ4v) is 6.64. The molecule has 1 aromatic rings. The van der Waals surface area contributed by atoms with Crippen LogP contribution in [0.1, 0.15) is 89.2 Å². The summed E-state index contributed by atoms with van der Waals surface area (Å²) >= 11 is 12.7. The molecule has 0 spiro atoms. The number of fused-ring (bicyclic) bond motifs is 1. The Morgan fingerprint density at radius 2 is 2.00 bits per heavy atom. The summed E-state index contributed by atoms with van der Waals surface area (Å²) < 4.78 is 0. The standard InChI is InChI=1S/C25H36Cl2N2O3/c1-15-19-8-6-7-17(9-10-24(3,4)32)25(19,5)11-12-29(15)21(31)13-18-20(26)14-28-23(16(2)30)22(18)27/h14-15,17,19,32H,6-13H2,1-5H3/t15-,17-,19+,25-/m0/s1. The number of aliphatic hydroxyl groups is 1. The predicted molar refractivity (Wildman–Crippen MR) is 128 cm³/mol. The smallest absolute Gasteiger partial charge is 0.227 e. The van der Waals surface area contributed by atoms with E-state index in [1.165, 1.54) is 19.5 Å². The third kappa shape index (κ3) is 5.15. The molecule has 0 bridgehead atoms. The number of hydrogen-bond acceptors (Lipinski definition) is 4. The molecule has 1 saturated carbocycles. The summed E-state index contributed by atoms with van der Waals surface area (Å²) in [6.07, 6.45) is 7.72. The lowest BCUT2D eigenvalue weighted by atomic mass is 9.54. The molecule has 32 heavy (non-hydrogen) atoms. The van der Waals surface area contributed by atoms with Crippen LogP contribution < -0.4 is 0 Å². The van der Waals surface area contributed by atoms with Gasteiger partial charge < -0.3 is 10.0 Å². The number of carbonyl (C=O) groups excluding carboxylic acids is 2. The van der Waals surface area contributed by atoms with Crippen molar-refractivity contribution in [1.82, 2.24) is 9.88 Å². The highest BCUT2D eigenvalue weighted by atomic mass is 35.5. The van der Waals surface area contributed by atoms with Crippen molar-refractivity contribution in [3.8, 4) is 0 Å². The lowest BCUT2D eigenvalue weighted by Crippen LogP contribution is -2.57. The molecule has 1 aliphatic carbocycles. The number of likely N-dealkylation sites (tertiary alicyclic amines) is 1. The van der Waals surface area contributed by atoms with Crippen LogP contribution in [0.15, 0.2) is 6.20 Å². The van der Waals surface area contributed by atoms with Gasteiger partial charge >= 0.3 is 0 Å². The summed E-state index contributed by atoms with van der Waals surface area (Å²) in [5.41, 5.74) is 0.159. The molecule has 0 aromatic carbocycles. The summed E-state index contributed by atoms with van der Waals surface area (Å²) in [7, 11) is 0. The van der Waals surface area contributed by atoms with E-state index in [1.807, 2.05) is 18.7 Å². The molecule has 1 N–H and O–H groups in total. The first kappa shape index (κ1) is 25.5. The molecule has 1 saturated heterocycles. The van der Waals surface area contributed by atoms with Gasteiger partial charge in [0.15, 0.2) is 5.78 Å². The normalized spacial score (nSPS) is 28.4. The third-order valence-corrected chi connectivity index (χ3v) is 8.70. The fraction of sp³-hybridized carbons (Fsp3) is 0.720. The first-order valence-electron chi connectivity index (χ1n) is 11.7. The van der Waals surface area contributed by atoms with E-state index in [2.05, 4.69) is 18.8 Å². The monoisotopic (exact) mass is 482 g/mol. The van der Waals surface area contributed by atoms with Crippen molar-refractivity contribution in [3.05, 3.63) is 27.5 Å². The molecular formula is C25H36Cl2N2O3. The van der Waals surface area contributed by atoms with E-state index < -0.39 is 5.60 Å². The Hall–Kier alpha value is -1.17. The number of pyridine rings is 1. The zero-order chi connectivity index (χ0) is 23.8. The lowest BCUT2D eigenvalue weighted by molar-refractivity contribution is -0.144. The first-order chi connectivity index (χ1) is 14.8. The van der Waals surface area contributed by atoms with Crippen molar-refractivity contribution >= 4 is 34.9 Å². The number of piperidine rings is 1. The number of carbonyl (C=O) groups is 2. The maximum atomic E-state index is 13.4. The second-order valence-corrected chi connectivity index (χ2v) is 11.4. The number of rotatable bonds is 6. The molecule has 4 atom stereocenters. The van der Waals surface area contributed by atoms with Gasteiger partial charge in [0.05, 0.1) is 22.1 Å². The zero-order valence-corrected chi connectivity index (χ0v) is 21.4. The van der Waals surface area contributed by atoms with Gasteiger partial charge in [0.25, 0.3) is 0 Å². The summed E-state index contributed by atoms with van der Waals surface area (Å²) in [6.45, 7) is 10.4. The second-order valence-electron chi connectivity index (χ2n) is 10.6. The minimum Gasteiger partial charge on any atom is -0.390 e. The minimum absolute atomic E-state index is 0.0114. The summed E-state index contributed by atoms with van der Waals surface area (Å²) in [6, 6.07) is 0.123. The van der Waals surface area contributed by atoms with Crippen LogP contribution in [0, 0.1) is 17.3 Å². The van der Waals surface area contributed by atoms with Gasteiger partial charge in [-0.05, 0) is 70.1 Å². The topological polar surface area (TPSA) is 70.5 Å². The van der Waals surface area contributed by atoms with Crippen LogP contribution in [0.3, 0.4) is 0 Å². The van der Waals surface area contributed by atoms with E-state index >= 15 is 0 Å². The number of nitrogens with zero attached hydrogens (tertiary/aromatic N) is 2. The van der Waals surface area contributed by atoms with Gasteiger partial charge in [-0.15, -0.1) is 0 Å². The molecule has 178 valence electrons. The Balaban J connectivity index is 1.77. The highest BCUT2D eigenvalue weighted by molar-refractivity contribution is 6.38. The molecule has 0 radical (unpaired) electrons. The van der Waals surface area contributed by atoms with Gasteiger partial charge in [-0.3, -0.25) is 9.59 Å². The highest BCUT2D eigenvalue weighted by Gasteiger charge is 2.50. The second kappa shape index (κ2) is 9.60. The third-order valence-electron chi connectivity index (χ3n) is 7.97. The van der Waals surface area contributed by atoms with Gasteiger partial charge in [0, 0.05) is 31.3 Å². The maximum Gasteiger partial charge on any atom is 0.227 e. The van der Waals surface area contributed by atoms with E-state index in [0.717, 1.165) is 32.1 Å². The van der Waals surface area contributed by atoms with E-state index in [4.69, 9.17) is 23.2 Å². The number of hydrogen-bond donors (Lipinski definition) is 1. The van der Waals surface area contributed by atoms with E-state index in [-0.39, 0.29) is 40.3 Å². The van der Waals surface area contributed by atoms with Crippen molar-refractivity contribution in [2.75, 3.05) is 6.54 Å². The number of halogens is 2. The summed E-state index contributed by atoms with van der Waals surface area (Å²) in [5, 5.41) is 10.7. The van der Waals surface area contributed by atoms with E-state index in [9.17, 15) is 14.7 Å². The Morgan fingerprint density at radius 3 is 2.62 bits per heavy atom. The predicted octanol–water partition coefficient (Wildman–Crippen LogP) is 5.73. The van der Waals surface area contributed by atoms with Gasteiger partial charge in [0.1, 0.15) is 5.69 Å². The molecule has 1 amide bonds. The molecule has 2 heterocycles. The Bertz CT molecular complexity index is 883. The number of ketones is 1. The summed E-state index contributed by atoms with van der Waals surface area (Å²) in [5.74, 6) is 0.732. The fourth-order valence-electron chi connectivity index (χ4n) is 6.03. The van der Waals surface area contributed by atoms with Crippen LogP contribution in [0.2, 0.25) is 10.0 Å². The maximum absolute atomic E-state index is 13.4. The minimum atomic E-state index is -0.645. The van der Waals surface area contributed by atoms with Crippen LogP contribution in [0.4, 0.5) is 0 Å². The van der Waals surface area contributed by atoms with Crippen molar-refractivity contribution < 1.29 is 14.7 Å². The quantitative estimate of drug-likeness (QED) is 0.525. The van der Waals surface area contributed by atoms with Crippen LogP contribution >= 0.6 is 23.2 Å². The van der Waals surface area contributed by atoms with Crippen molar-refractivity contribution in [2.45, 2.75) is 91.2 Å². The van der Waals surface area contributed by atoms with Crippen LogP contribution in [-0.4, -0.2) is 44.9 Å². The molecular weight excluding hydrogens is 447 g/mol. The molecule has 1 aromatic heterocycles. The molecule has 1 aliphatic heterocycles. The van der Waals surface area contributed by atoms with Gasteiger partial charge in [-0.25, -0.2) is 4.98 Å². The largest absolute Gasteiger partial charge is 0.390 e. The van der Waals surface area contributed by atoms with Crippen LogP contribution in [0.25, 0.3) is 0 Å². The Labute approximate surface area is 201 Å². The SMILES string of the molecule is CC(=O)c1ncc(Cl)c(CC(=O)N2CC[C@@]3(C)[C@H](CCC(C)(C)O)CCC[C@@H]3[C@@H]2C)c1Cl. The van der Waals surface area contributed by atoms with Crippen LogP contribution in [-0.2, 0) is 11.2 Å². The Kier molecular flexibility index (Phi) is 7.63. The number of Topliss-reactive ketones (excluding diaryl/α,β-unsaturated/α-hetero) is 1. The molecule has 2 aliphatic rings. The van der Waals surface area contributed by atoms with Crippen molar-refractivity contribution in [1.29, 1.82) is 0 Å². The van der Waals surface area contributed by atoms with Gasteiger partial charge in [-0.2, -0.15) is 0 Å². The first-order valence-corrected chi connectivity index (χ1v) is 12.5. The molecule has 5 nitrogen and oxygen atoms in total. The number of amides is 1. The highest BCUT2D eigenvalue weighted by Crippen LogP contribution is 2.54. The molecule has 2 fully saturated rings. The van der Waals surface area contributed by atoms with Gasteiger partial charge in [-0.1, -0.05) is 36.5 Å². The van der Waals surface area contributed by atoms with Crippen LogP contribution in [0.5, 0.6) is 0 Å². The average Bonchev–Trinajstić information content (AvgIpc) is 2.68. The van der Waals surface area contributed by atoms with Crippen molar-refractivity contribution in [3.63, 3.8) is 0 Å². The van der Waals surface area contributed by atoms with Crippen molar-refractivity contribution in [2.24, 2.45) is 17.3 Å². The van der Waals surface area contributed by atoms with E-state index in [0.29, 0.717) is 29.0 Å². The van der Waals surface area contributed by atoms with Gasteiger partial charge in [0.2, 0.25) is 5.91 Å². The average molecular weight is 483 g/mol. The zero-order valence-electron chi connectivity index (χ0n) is 19.9. The van der Waals surface area contributed by atoms with E-state index in [1.54, 1.807) is 0 Å². The molecule has 0 unspecified atom stereocenters.